The van der Waals surface area contributed by atoms with Crippen LogP contribution in [0.3, 0.4) is 0 Å². The van der Waals surface area contributed by atoms with Gasteiger partial charge in [0.15, 0.2) is 0 Å². The molecule has 0 radical (unpaired) electrons. The fraction of sp³-hybridized carbons (Fsp3) is 0.778. The van der Waals surface area contributed by atoms with Crippen LogP contribution >= 0.6 is 0 Å². The topological polar surface area (TPSA) is 73.1 Å². The summed E-state index contributed by atoms with van der Waals surface area (Å²) in [6.45, 7) is -0.118. The maximum absolute atomic E-state index is 10.3. The number of rotatable bonds is 3. The van der Waals surface area contributed by atoms with E-state index in [1.807, 2.05) is 0 Å². The Balaban J connectivity index is 2.49. The molecule has 1 rings (SSSR count). The molecule has 0 saturated heterocycles. The largest absolute Gasteiger partial charge is 0.480 e. The molecule has 4 heteroatoms. The van der Waals surface area contributed by atoms with Crippen molar-refractivity contribution in [3.8, 4) is 6.07 Å². The van der Waals surface area contributed by atoms with E-state index in [1.165, 1.54) is 0 Å². The van der Waals surface area contributed by atoms with Crippen LogP contribution in [0.4, 0.5) is 0 Å². The number of carboxylic acid groups (broad SMARTS) is 1. The second kappa shape index (κ2) is 4.24. The van der Waals surface area contributed by atoms with Crippen LogP contribution in [0.25, 0.3) is 0 Å². The van der Waals surface area contributed by atoms with E-state index in [-0.39, 0.29) is 6.54 Å². The Morgan fingerprint density at radius 3 is 2.54 bits per heavy atom. The molecule has 0 atom stereocenters. The average Bonchev–Trinajstić information content (AvgIpc) is 2.16. The lowest BCUT2D eigenvalue weighted by Gasteiger charge is -2.30. The summed E-state index contributed by atoms with van der Waals surface area (Å²) in [7, 11) is 0. The van der Waals surface area contributed by atoms with Crippen molar-refractivity contribution in [2.75, 3.05) is 6.54 Å². The Hall–Kier alpha value is -1.08. The Labute approximate surface area is 77.6 Å². The Morgan fingerprint density at radius 1 is 1.46 bits per heavy atom. The molecule has 0 aromatic rings. The van der Waals surface area contributed by atoms with E-state index in [0.29, 0.717) is 0 Å². The molecule has 2 N–H and O–H groups in total. The second-order valence-electron chi connectivity index (χ2n) is 3.50. The zero-order chi connectivity index (χ0) is 9.73. The number of carboxylic acids is 1. The normalized spacial score (nSPS) is 20.5. The molecule has 0 aromatic carbocycles. The van der Waals surface area contributed by atoms with Crippen molar-refractivity contribution in [2.24, 2.45) is 0 Å². The lowest BCUT2D eigenvalue weighted by atomic mass is 9.83. The molecule has 0 aromatic heterocycles. The molecule has 0 amide bonds. The maximum atomic E-state index is 10.3. The highest BCUT2D eigenvalue weighted by Gasteiger charge is 2.31. The predicted octanol–water partition coefficient (Wildman–Crippen LogP) is 0.887. The van der Waals surface area contributed by atoms with Crippen molar-refractivity contribution in [3.05, 3.63) is 0 Å². The fourth-order valence-corrected chi connectivity index (χ4v) is 1.73. The van der Waals surface area contributed by atoms with E-state index in [9.17, 15) is 4.79 Å². The molecule has 13 heavy (non-hydrogen) atoms. The predicted molar refractivity (Wildman–Crippen MR) is 47.1 cm³/mol. The van der Waals surface area contributed by atoms with Gasteiger partial charge in [-0.15, -0.1) is 0 Å². The van der Waals surface area contributed by atoms with Crippen LogP contribution in [0.1, 0.15) is 32.1 Å². The van der Waals surface area contributed by atoms with Gasteiger partial charge < -0.3 is 5.11 Å². The van der Waals surface area contributed by atoms with Crippen LogP contribution in [0.5, 0.6) is 0 Å². The highest BCUT2D eigenvalue weighted by molar-refractivity contribution is 5.69. The first-order chi connectivity index (χ1) is 6.18. The van der Waals surface area contributed by atoms with Crippen molar-refractivity contribution in [3.63, 3.8) is 0 Å². The van der Waals surface area contributed by atoms with Gasteiger partial charge in [0.25, 0.3) is 0 Å². The summed E-state index contributed by atoms with van der Waals surface area (Å²) in [6, 6.07) is 2.20. The quantitative estimate of drug-likeness (QED) is 0.679. The van der Waals surface area contributed by atoms with E-state index in [0.717, 1.165) is 32.1 Å². The van der Waals surface area contributed by atoms with Crippen molar-refractivity contribution in [1.82, 2.24) is 5.32 Å². The van der Waals surface area contributed by atoms with Crippen LogP contribution < -0.4 is 5.32 Å². The van der Waals surface area contributed by atoms with Crippen molar-refractivity contribution in [1.29, 1.82) is 5.26 Å². The van der Waals surface area contributed by atoms with Gasteiger partial charge in [0, 0.05) is 0 Å². The molecule has 0 aliphatic heterocycles. The lowest BCUT2D eigenvalue weighted by molar-refractivity contribution is -0.136. The van der Waals surface area contributed by atoms with Crippen molar-refractivity contribution < 1.29 is 9.90 Å². The summed E-state index contributed by atoms with van der Waals surface area (Å²) in [4.78, 5) is 10.3. The first kappa shape index (κ1) is 10.0. The van der Waals surface area contributed by atoms with E-state index in [4.69, 9.17) is 10.4 Å². The number of nitriles is 1. The van der Waals surface area contributed by atoms with E-state index in [2.05, 4.69) is 11.4 Å². The third-order valence-electron chi connectivity index (χ3n) is 2.50. The number of carbonyl (C=O) groups is 1. The van der Waals surface area contributed by atoms with Gasteiger partial charge in [0.1, 0.15) is 5.54 Å². The Kier molecular flexibility index (Phi) is 3.26. The van der Waals surface area contributed by atoms with Gasteiger partial charge in [0.2, 0.25) is 0 Å². The van der Waals surface area contributed by atoms with Crippen LogP contribution in [-0.2, 0) is 4.79 Å². The molecule has 0 spiro atoms. The van der Waals surface area contributed by atoms with E-state index >= 15 is 0 Å². The number of nitrogens with zero attached hydrogens (tertiary/aromatic N) is 1. The van der Waals surface area contributed by atoms with Crippen LogP contribution in [0, 0.1) is 11.3 Å². The molecular weight excluding hydrogens is 168 g/mol. The van der Waals surface area contributed by atoms with Gasteiger partial charge in [-0.05, 0) is 12.8 Å². The molecule has 0 bridgehead atoms. The van der Waals surface area contributed by atoms with Crippen molar-refractivity contribution in [2.45, 2.75) is 37.6 Å². The average molecular weight is 182 g/mol. The smallest absolute Gasteiger partial charge is 0.317 e. The molecular formula is C9H14N2O2. The summed E-state index contributed by atoms with van der Waals surface area (Å²) in [6.07, 6.45) is 4.73. The van der Waals surface area contributed by atoms with Crippen LogP contribution in [0.2, 0.25) is 0 Å². The monoisotopic (exact) mass is 182 g/mol. The zero-order valence-electron chi connectivity index (χ0n) is 7.55. The lowest BCUT2D eigenvalue weighted by Crippen LogP contribution is -2.47. The first-order valence-electron chi connectivity index (χ1n) is 4.57. The molecule has 1 aliphatic carbocycles. The van der Waals surface area contributed by atoms with Crippen LogP contribution in [-0.4, -0.2) is 23.2 Å². The van der Waals surface area contributed by atoms with Gasteiger partial charge >= 0.3 is 5.97 Å². The molecule has 4 nitrogen and oxygen atoms in total. The van der Waals surface area contributed by atoms with Gasteiger partial charge in [-0.25, -0.2) is 0 Å². The van der Waals surface area contributed by atoms with Crippen molar-refractivity contribution >= 4 is 5.97 Å². The maximum Gasteiger partial charge on any atom is 0.317 e. The highest BCUT2D eigenvalue weighted by atomic mass is 16.4. The molecule has 1 aliphatic rings. The molecule has 1 saturated carbocycles. The van der Waals surface area contributed by atoms with Gasteiger partial charge in [-0.2, -0.15) is 5.26 Å². The molecule has 1 fully saturated rings. The summed E-state index contributed by atoms with van der Waals surface area (Å²) < 4.78 is 0. The number of nitrogens with one attached hydrogen (secondary N) is 1. The van der Waals surface area contributed by atoms with E-state index < -0.39 is 11.5 Å². The first-order valence-corrected chi connectivity index (χ1v) is 4.57. The molecule has 0 unspecified atom stereocenters. The molecule has 72 valence electrons. The molecule has 0 heterocycles. The van der Waals surface area contributed by atoms with Gasteiger partial charge in [-0.1, -0.05) is 19.3 Å². The third-order valence-corrected chi connectivity index (χ3v) is 2.50. The minimum Gasteiger partial charge on any atom is -0.480 e. The standard InChI is InChI=1S/C9H14N2O2/c10-7-9(11-6-8(12)13)4-2-1-3-5-9/h11H,1-6H2,(H,12,13). The number of aliphatic carboxylic acids is 1. The number of hydrogen-bond acceptors (Lipinski definition) is 3. The van der Waals surface area contributed by atoms with Gasteiger partial charge in [0.05, 0.1) is 12.6 Å². The van der Waals surface area contributed by atoms with Crippen LogP contribution in [0.15, 0.2) is 0 Å². The summed E-state index contributed by atoms with van der Waals surface area (Å²) in [5, 5.41) is 20.3. The minimum absolute atomic E-state index is 0.118. The Bertz CT molecular complexity index is 226. The second-order valence-corrected chi connectivity index (χ2v) is 3.50. The van der Waals surface area contributed by atoms with E-state index in [1.54, 1.807) is 0 Å². The Morgan fingerprint density at radius 2 is 2.08 bits per heavy atom. The summed E-state index contributed by atoms with van der Waals surface area (Å²) in [5.74, 6) is -0.903. The van der Waals surface area contributed by atoms with Gasteiger partial charge in [-0.3, -0.25) is 10.1 Å². The third kappa shape index (κ3) is 2.71. The number of hydrogen-bond donors (Lipinski definition) is 2. The SMILES string of the molecule is N#CC1(NCC(=O)O)CCCCC1. The zero-order valence-corrected chi connectivity index (χ0v) is 7.55. The summed E-state index contributed by atoms with van der Waals surface area (Å²) in [5.41, 5.74) is -0.573. The highest BCUT2D eigenvalue weighted by Crippen LogP contribution is 2.27. The fourth-order valence-electron chi connectivity index (χ4n) is 1.73. The minimum atomic E-state index is -0.903. The summed E-state index contributed by atoms with van der Waals surface area (Å²) >= 11 is 0.